The van der Waals surface area contributed by atoms with Crippen LogP contribution in [0.15, 0.2) is 41.1 Å². The van der Waals surface area contributed by atoms with E-state index < -0.39 is 0 Å². The van der Waals surface area contributed by atoms with E-state index in [-0.39, 0.29) is 0 Å². The lowest BCUT2D eigenvalue weighted by atomic mass is 10.2. The normalized spacial score (nSPS) is 10.4. The lowest BCUT2D eigenvalue weighted by Gasteiger charge is -2.08. The summed E-state index contributed by atoms with van der Waals surface area (Å²) in [6, 6.07) is 7.57. The summed E-state index contributed by atoms with van der Waals surface area (Å²) in [6.45, 7) is 0.805. The van der Waals surface area contributed by atoms with Gasteiger partial charge < -0.3 is 10.1 Å². The van der Waals surface area contributed by atoms with Crippen LogP contribution >= 0.6 is 27.5 Å². The first-order valence-electron chi connectivity index (χ1n) is 5.40. The van der Waals surface area contributed by atoms with Gasteiger partial charge in [-0.25, -0.2) is 0 Å². The molecule has 0 aliphatic rings. The third kappa shape index (κ3) is 3.45. The monoisotopic (exact) mass is 326 g/mol. The quantitative estimate of drug-likeness (QED) is 0.921. The molecule has 0 bridgehead atoms. The van der Waals surface area contributed by atoms with Crippen LogP contribution in [0, 0.1) is 0 Å². The van der Waals surface area contributed by atoms with Gasteiger partial charge in [-0.2, -0.15) is 0 Å². The number of hydrogen-bond acceptors (Lipinski definition) is 3. The van der Waals surface area contributed by atoms with E-state index in [4.69, 9.17) is 16.3 Å². The van der Waals surface area contributed by atoms with Crippen molar-refractivity contribution < 1.29 is 4.74 Å². The molecule has 1 heterocycles. The minimum Gasteiger partial charge on any atom is -0.456 e. The first-order chi connectivity index (χ1) is 8.69. The van der Waals surface area contributed by atoms with E-state index in [1.165, 1.54) is 5.56 Å². The number of pyridine rings is 1. The van der Waals surface area contributed by atoms with Crippen molar-refractivity contribution in [1.29, 1.82) is 0 Å². The van der Waals surface area contributed by atoms with E-state index >= 15 is 0 Å². The summed E-state index contributed by atoms with van der Waals surface area (Å²) in [5, 5.41) is 3.66. The summed E-state index contributed by atoms with van der Waals surface area (Å²) in [6.07, 6.45) is 3.20. The fraction of sp³-hybridized carbons (Fsp3) is 0.154. The van der Waals surface area contributed by atoms with Gasteiger partial charge in [0.1, 0.15) is 11.5 Å². The lowest BCUT2D eigenvalue weighted by molar-refractivity contribution is 0.479. The molecule has 0 fully saturated rings. The highest BCUT2D eigenvalue weighted by molar-refractivity contribution is 9.10. The van der Waals surface area contributed by atoms with Crippen LogP contribution in [-0.4, -0.2) is 12.0 Å². The van der Waals surface area contributed by atoms with Gasteiger partial charge in [0.2, 0.25) is 0 Å². The van der Waals surface area contributed by atoms with Gasteiger partial charge in [0, 0.05) is 23.3 Å². The molecule has 3 nitrogen and oxygen atoms in total. The number of aromatic nitrogens is 1. The molecule has 1 aromatic heterocycles. The van der Waals surface area contributed by atoms with Gasteiger partial charge in [0.25, 0.3) is 0 Å². The summed E-state index contributed by atoms with van der Waals surface area (Å²) >= 11 is 9.36. The van der Waals surface area contributed by atoms with E-state index in [0.717, 1.165) is 16.8 Å². The number of hydrogen-bond donors (Lipinski definition) is 1. The Morgan fingerprint density at radius 3 is 2.78 bits per heavy atom. The van der Waals surface area contributed by atoms with Crippen LogP contribution in [0.5, 0.6) is 11.5 Å². The fourth-order valence-corrected chi connectivity index (χ4v) is 2.17. The van der Waals surface area contributed by atoms with Crippen LogP contribution in [0.3, 0.4) is 0 Å². The first kappa shape index (κ1) is 13.3. The third-order valence-electron chi connectivity index (χ3n) is 2.31. The van der Waals surface area contributed by atoms with Crippen LogP contribution in [0.4, 0.5) is 0 Å². The molecule has 0 aliphatic heterocycles. The Kier molecular flexibility index (Phi) is 4.58. The average Bonchev–Trinajstić information content (AvgIpc) is 2.33. The number of benzene rings is 1. The Labute approximate surface area is 119 Å². The third-order valence-corrected chi connectivity index (χ3v) is 3.25. The summed E-state index contributed by atoms with van der Waals surface area (Å²) in [5.41, 5.74) is 1.18. The molecule has 0 saturated heterocycles. The maximum atomic E-state index is 5.85. The molecule has 0 unspecified atom stereocenters. The van der Waals surface area contributed by atoms with Crippen molar-refractivity contribution >= 4 is 27.5 Å². The van der Waals surface area contributed by atoms with Crippen LogP contribution in [0.2, 0.25) is 5.02 Å². The Morgan fingerprint density at radius 2 is 2.11 bits per heavy atom. The number of nitrogens with one attached hydrogen (secondary N) is 1. The predicted molar refractivity (Wildman–Crippen MR) is 76.2 cm³/mol. The highest BCUT2D eigenvalue weighted by Crippen LogP contribution is 2.27. The van der Waals surface area contributed by atoms with Crippen molar-refractivity contribution in [2.24, 2.45) is 0 Å². The molecule has 2 aromatic rings. The molecule has 5 heteroatoms. The zero-order valence-electron chi connectivity index (χ0n) is 9.78. The van der Waals surface area contributed by atoms with Gasteiger partial charge in [-0.15, -0.1) is 0 Å². The second-order valence-electron chi connectivity index (χ2n) is 3.72. The van der Waals surface area contributed by atoms with Gasteiger partial charge in [-0.3, -0.25) is 4.98 Å². The minimum absolute atomic E-state index is 0.554. The molecule has 0 atom stereocenters. The van der Waals surface area contributed by atoms with Gasteiger partial charge in [0.05, 0.1) is 11.2 Å². The van der Waals surface area contributed by atoms with Gasteiger partial charge in [-0.1, -0.05) is 33.6 Å². The second-order valence-corrected chi connectivity index (χ2v) is 5.02. The van der Waals surface area contributed by atoms with Crippen molar-refractivity contribution in [3.8, 4) is 11.5 Å². The molecule has 1 N–H and O–H groups in total. The summed E-state index contributed by atoms with van der Waals surface area (Å²) in [7, 11) is 1.91. The van der Waals surface area contributed by atoms with Crippen LogP contribution in [0.1, 0.15) is 5.56 Å². The van der Waals surface area contributed by atoms with Crippen LogP contribution < -0.4 is 10.1 Å². The summed E-state index contributed by atoms with van der Waals surface area (Å²) in [5.74, 6) is 1.36. The number of nitrogens with zero attached hydrogens (tertiary/aromatic N) is 1. The standard InChI is InChI=1S/C13H12BrClN2O/c1-16-6-9-2-3-11(5-13(9)14)18-12-4-10(15)7-17-8-12/h2-5,7-8,16H,6H2,1H3. The zero-order chi connectivity index (χ0) is 13.0. The molecule has 0 radical (unpaired) electrons. The maximum absolute atomic E-state index is 5.85. The number of halogens is 2. The molecule has 0 amide bonds. The fourth-order valence-electron chi connectivity index (χ4n) is 1.51. The lowest BCUT2D eigenvalue weighted by Crippen LogP contribution is -2.05. The van der Waals surface area contributed by atoms with Gasteiger partial charge in [0.15, 0.2) is 0 Å². The SMILES string of the molecule is CNCc1ccc(Oc2cncc(Cl)c2)cc1Br. The van der Waals surface area contributed by atoms with E-state index in [9.17, 15) is 0 Å². The van der Waals surface area contributed by atoms with Crippen molar-refractivity contribution in [2.45, 2.75) is 6.54 Å². The highest BCUT2D eigenvalue weighted by atomic mass is 79.9. The highest BCUT2D eigenvalue weighted by Gasteiger charge is 2.03. The minimum atomic E-state index is 0.554. The zero-order valence-corrected chi connectivity index (χ0v) is 12.1. The average molecular weight is 328 g/mol. The van der Waals surface area contributed by atoms with Crippen molar-refractivity contribution in [3.05, 3.63) is 51.7 Å². The Bertz CT molecular complexity index is 548. The predicted octanol–water partition coefficient (Wildman–Crippen LogP) is 4.01. The molecule has 1 aromatic carbocycles. The number of ether oxygens (including phenoxy) is 1. The molecule has 18 heavy (non-hydrogen) atoms. The van der Waals surface area contributed by atoms with E-state index in [1.54, 1.807) is 18.5 Å². The van der Waals surface area contributed by atoms with E-state index in [0.29, 0.717) is 10.8 Å². The Balaban J connectivity index is 2.17. The van der Waals surface area contributed by atoms with Crippen molar-refractivity contribution in [3.63, 3.8) is 0 Å². The number of rotatable bonds is 4. The maximum Gasteiger partial charge on any atom is 0.147 e. The van der Waals surface area contributed by atoms with Crippen LogP contribution in [-0.2, 0) is 6.54 Å². The van der Waals surface area contributed by atoms with Crippen molar-refractivity contribution in [2.75, 3.05) is 7.05 Å². The molecule has 0 saturated carbocycles. The van der Waals surface area contributed by atoms with E-state index in [1.807, 2.05) is 25.2 Å². The topological polar surface area (TPSA) is 34.1 Å². The largest absolute Gasteiger partial charge is 0.456 e. The second kappa shape index (κ2) is 6.18. The van der Waals surface area contributed by atoms with Gasteiger partial charge in [-0.05, 0) is 24.7 Å². The Morgan fingerprint density at radius 1 is 1.28 bits per heavy atom. The summed E-state index contributed by atoms with van der Waals surface area (Å²) in [4.78, 5) is 3.97. The van der Waals surface area contributed by atoms with E-state index in [2.05, 4.69) is 26.2 Å². The molecule has 0 spiro atoms. The van der Waals surface area contributed by atoms with Gasteiger partial charge >= 0.3 is 0 Å². The first-order valence-corrected chi connectivity index (χ1v) is 6.57. The van der Waals surface area contributed by atoms with Crippen molar-refractivity contribution in [1.82, 2.24) is 10.3 Å². The molecular formula is C13H12BrClN2O. The smallest absolute Gasteiger partial charge is 0.147 e. The molecule has 94 valence electrons. The summed E-state index contributed by atoms with van der Waals surface area (Å²) < 4.78 is 6.68. The Hall–Kier alpha value is -1.10. The van der Waals surface area contributed by atoms with Crippen LogP contribution in [0.25, 0.3) is 0 Å². The molecule has 2 rings (SSSR count). The molecular weight excluding hydrogens is 316 g/mol. The molecule has 0 aliphatic carbocycles.